The molecular formula is C24H23ClN8O4. The predicted octanol–water partition coefficient (Wildman–Crippen LogP) is 2.88. The van der Waals surface area contributed by atoms with Gasteiger partial charge in [0.15, 0.2) is 11.5 Å². The second-order valence-electron chi connectivity index (χ2n) is 7.96. The molecule has 3 heterocycles. The van der Waals surface area contributed by atoms with Crippen LogP contribution in [0.25, 0.3) is 16.7 Å². The molecule has 0 spiro atoms. The molecule has 13 heteroatoms. The Balaban J connectivity index is 1.65. The van der Waals surface area contributed by atoms with Gasteiger partial charge in [-0.1, -0.05) is 17.7 Å². The number of fused-ring (bicyclic) bond motifs is 1. The zero-order valence-corrected chi connectivity index (χ0v) is 21.0. The number of halogens is 1. The van der Waals surface area contributed by atoms with E-state index in [1.807, 2.05) is 6.92 Å². The van der Waals surface area contributed by atoms with Crippen LogP contribution in [0.5, 0.6) is 5.88 Å². The van der Waals surface area contributed by atoms with Gasteiger partial charge >= 0.3 is 0 Å². The van der Waals surface area contributed by atoms with Crippen LogP contribution in [0, 0.1) is 18.3 Å². The van der Waals surface area contributed by atoms with Gasteiger partial charge in [-0.2, -0.15) is 10.4 Å². The molecule has 3 aromatic heterocycles. The number of nitrogens with zero attached hydrogens (tertiary/aromatic N) is 7. The number of benzene rings is 1. The van der Waals surface area contributed by atoms with Crippen molar-refractivity contribution in [1.82, 2.24) is 29.7 Å². The molecule has 1 amide bonds. The van der Waals surface area contributed by atoms with Gasteiger partial charge in [0.05, 0.1) is 54.2 Å². The first-order chi connectivity index (χ1) is 17.9. The molecule has 12 nitrogen and oxygen atoms in total. The molecule has 0 fully saturated rings. The highest BCUT2D eigenvalue weighted by Gasteiger charge is 2.26. The van der Waals surface area contributed by atoms with Crippen molar-refractivity contribution in [2.45, 2.75) is 26.1 Å². The Hall–Kier alpha value is -4.18. The van der Waals surface area contributed by atoms with E-state index in [0.717, 1.165) is 0 Å². The van der Waals surface area contributed by atoms with Crippen molar-refractivity contribution >= 4 is 34.4 Å². The summed E-state index contributed by atoms with van der Waals surface area (Å²) in [5, 5.41) is 17.3. The summed E-state index contributed by atoms with van der Waals surface area (Å²) in [7, 11) is 1.56. The summed E-state index contributed by atoms with van der Waals surface area (Å²) in [6.07, 6.45) is 4.33. The normalized spacial score (nSPS) is 12.6. The van der Waals surface area contributed by atoms with Gasteiger partial charge in [0.25, 0.3) is 5.91 Å². The number of aromatic nitrogens is 6. The predicted molar refractivity (Wildman–Crippen MR) is 133 cm³/mol. The van der Waals surface area contributed by atoms with Crippen molar-refractivity contribution in [1.29, 1.82) is 5.26 Å². The van der Waals surface area contributed by atoms with Crippen molar-refractivity contribution in [3.8, 4) is 17.6 Å². The lowest BCUT2D eigenvalue weighted by molar-refractivity contribution is -0.127. The molecule has 4 rings (SSSR count). The lowest BCUT2D eigenvalue weighted by atomic mass is 10.2. The Kier molecular flexibility index (Phi) is 8.19. The molecule has 1 aromatic carbocycles. The number of amides is 1. The maximum atomic E-state index is 13.1. The maximum Gasteiger partial charge on any atom is 0.269 e. The SMILES string of the molecule is COCC(C)OCC(Oc1ncnc2c1cnn2-c1c(Cl)cccc1C#N)C(=O)Nc1cnc(C)cn1. The van der Waals surface area contributed by atoms with Crippen molar-refractivity contribution in [2.75, 3.05) is 25.6 Å². The largest absolute Gasteiger partial charge is 0.461 e. The minimum atomic E-state index is -1.11. The monoisotopic (exact) mass is 522 g/mol. The van der Waals surface area contributed by atoms with Gasteiger partial charge in [0.2, 0.25) is 12.0 Å². The van der Waals surface area contributed by atoms with Crippen LogP contribution in [0.3, 0.4) is 0 Å². The van der Waals surface area contributed by atoms with Gasteiger partial charge in [-0.15, -0.1) is 0 Å². The molecular weight excluding hydrogens is 500 g/mol. The van der Waals surface area contributed by atoms with E-state index in [4.69, 9.17) is 25.8 Å². The first kappa shape index (κ1) is 25.9. The van der Waals surface area contributed by atoms with Crippen molar-refractivity contribution in [3.63, 3.8) is 0 Å². The number of nitrogens with one attached hydrogen (secondary N) is 1. The molecule has 190 valence electrons. The van der Waals surface area contributed by atoms with Crippen LogP contribution in [0.15, 0.2) is 43.1 Å². The Morgan fingerprint density at radius 1 is 1.19 bits per heavy atom. The third-order valence-corrected chi connectivity index (χ3v) is 5.47. The van der Waals surface area contributed by atoms with Crippen molar-refractivity contribution in [3.05, 3.63) is 59.4 Å². The summed E-state index contributed by atoms with van der Waals surface area (Å²) in [4.78, 5) is 29.9. The molecule has 1 N–H and O–H groups in total. The smallest absolute Gasteiger partial charge is 0.269 e. The molecule has 0 saturated heterocycles. The molecule has 0 bridgehead atoms. The summed E-state index contributed by atoms with van der Waals surface area (Å²) in [5.74, 6) is -0.155. The number of nitriles is 1. The minimum absolute atomic E-state index is 0.0972. The zero-order chi connectivity index (χ0) is 26.4. The molecule has 4 aromatic rings. The number of carbonyl (C=O) groups is 1. The number of rotatable bonds is 10. The average Bonchev–Trinajstić information content (AvgIpc) is 3.32. The molecule has 0 radical (unpaired) electrons. The Morgan fingerprint density at radius 2 is 2.03 bits per heavy atom. The summed E-state index contributed by atoms with van der Waals surface area (Å²) in [6.45, 7) is 3.84. The van der Waals surface area contributed by atoms with Crippen LogP contribution < -0.4 is 10.1 Å². The highest BCUT2D eigenvalue weighted by molar-refractivity contribution is 6.32. The van der Waals surface area contributed by atoms with Crippen LogP contribution >= 0.6 is 11.6 Å². The molecule has 2 atom stereocenters. The molecule has 0 saturated carbocycles. The second-order valence-corrected chi connectivity index (χ2v) is 8.37. The fourth-order valence-corrected chi connectivity index (χ4v) is 3.65. The number of methoxy groups -OCH3 is 1. The number of carbonyl (C=O) groups excluding carboxylic acids is 1. The van der Waals surface area contributed by atoms with E-state index < -0.39 is 12.0 Å². The van der Waals surface area contributed by atoms with Gasteiger partial charge in [-0.05, 0) is 26.0 Å². The van der Waals surface area contributed by atoms with E-state index >= 15 is 0 Å². The third-order valence-electron chi connectivity index (χ3n) is 5.16. The topological polar surface area (TPSA) is 150 Å². The Labute approximate surface area is 217 Å². The van der Waals surface area contributed by atoms with Gasteiger partial charge in [-0.25, -0.2) is 19.6 Å². The van der Waals surface area contributed by atoms with Crippen molar-refractivity contribution in [2.24, 2.45) is 0 Å². The van der Waals surface area contributed by atoms with E-state index in [1.165, 1.54) is 29.6 Å². The number of para-hydroxylation sites is 1. The molecule has 2 unspecified atom stereocenters. The highest BCUT2D eigenvalue weighted by atomic mass is 35.5. The van der Waals surface area contributed by atoms with Crippen molar-refractivity contribution < 1.29 is 19.0 Å². The molecule has 0 aliphatic carbocycles. The lowest BCUT2D eigenvalue weighted by Gasteiger charge is -2.20. The van der Waals surface area contributed by atoms with Crippen LogP contribution in [0.2, 0.25) is 5.02 Å². The first-order valence-corrected chi connectivity index (χ1v) is 11.5. The minimum Gasteiger partial charge on any atom is -0.461 e. The van der Waals surface area contributed by atoms with Gasteiger partial charge < -0.3 is 19.5 Å². The quantitative estimate of drug-likeness (QED) is 0.329. The standard InChI is InChI=1S/C24H23ClN8O4/c1-14-8-28-20(10-27-14)32-23(34)19(12-36-15(2)11-35-3)37-24-17-9-31-33(22(17)29-13-30-24)21-16(7-26)5-4-6-18(21)25/h4-6,8-10,13,15,19H,11-12H2,1-3H3,(H,28,32,34). The summed E-state index contributed by atoms with van der Waals surface area (Å²) >= 11 is 6.37. The Morgan fingerprint density at radius 3 is 2.76 bits per heavy atom. The summed E-state index contributed by atoms with van der Waals surface area (Å²) in [5.41, 5.74) is 1.73. The summed E-state index contributed by atoms with van der Waals surface area (Å²) in [6, 6.07) is 7.05. The average molecular weight is 523 g/mol. The van der Waals surface area contributed by atoms with Gasteiger partial charge in [0.1, 0.15) is 23.5 Å². The number of ether oxygens (including phenoxy) is 3. The molecule has 0 aliphatic rings. The van der Waals surface area contributed by atoms with Crippen LogP contribution in [0.4, 0.5) is 5.82 Å². The van der Waals surface area contributed by atoms with E-state index in [0.29, 0.717) is 39.6 Å². The zero-order valence-electron chi connectivity index (χ0n) is 20.3. The van der Waals surface area contributed by atoms with E-state index in [9.17, 15) is 10.1 Å². The second kappa shape index (κ2) is 11.7. The Bertz CT molecular complexity index is 1440. The van der Waals surface area contributed by atoms with E-state index in [-0.39, 0.29) is 24.4 Å². The number of hydrogen-bond acceptors (Lipinski definition) is 10. The lowest BCUT2D eigenvalue weighted by Crippen LogP contribution is -2.39. The number of anilines is 1. The summed E-state index contributed by atoms with van der Waals surface area (Å²) < 4.78 is 18.3. The first-order valence-electron chi connectivity index (χ1n) is 11.2. The fraction of sp³-hybridized carbons (Fsp3) is 0.292. The van der Waals surface area contributed by atoms with E-state index in [2.05, 4.69) is 36.4 Å². The third kappa shape index (κ3) is 5.97. The molecule has 37 heavy (non-hydrogen) atoms. The van der Waals surface area contributed by atoms with Gasteiger partial charge in [0, 0.05) is 7.11 Å². The van der Waals surface area contributed by atoms with Gasteiger partial charge in [-0.3, -0.25) is 9.78 Å². The fourth-order valence-electron chi connectivity index (χ4n) is 3.40. The number of hydrogen-bond donors (Lipinski definition) is 1. The molecule has 0 aliphatic heterocycles. The van der Waals surface area contributed by atoms with Crippen LogP contribution in [0.1, 0.15) is 18.2 Å². The highest BCUT2D eigenvalue weighted by Crippen LogP contribution is 2.29. The maximum absolute atomic E-state index is 13.1. The van der Waals surface area contributed by atoms with Crippen LogP contribution in [-0.2, 0) is 14.3 Å². The number of aryl methyl sites for hydroxylation is 1. The van der Waals surface area contributed by atoms with E-state index in [1.54, 1.807) is 32.2 Å². The van der Waals surface area contributed by atoms with Crippen LogP contribution in [-0.4, -0.2) is 68.2 Å².